The number of amides is 1. The first-order valence-corrected chi connectivity index (χ1v) is 8.65. The fraction of sp³-hybridized carbons (Fsp3) is 0.824. The largest absolute Gasteiger partial charge is 0.480 e. The van der Waals surface area contributed by atoms with E-state index in [0.29, 0.717) is 18.8 Å². The molecular formula is C17H30N2O4. The molecule has 0 radical (unpaired) electrons. The minimum absolute atomic E-state index is 0.192. The molecule has 0 aliphatic heterocycles. The van der Waals surface area contributed by atoms with E-state index in [1.165, 1.54) is 19.3 Å². The van der Waals surface area contributed by atoms with E-state index in [0.717, 1.165) is 12.8 Å². The van der Waals surface area contributed by atoms with Crippen LogP contribution in [0, 0.1) is 11.8 Å². The van der Waals surface area contributed by atoms with Gasteiger partial charge in [0.2, 0.25) is 5.91 Å². The van der Waals surface area contributed by atoms with E-state index in [4.69, 9.17) is 10.8 Å². The van der Waals surface area contributed by atoms with Crippen LogP contribution in [-0.2, 0) is 14.4 Å². The van der Waals surface area contributed by atoms with Crippen LogP contribution in [0.15, 0.2) is 0 Å². The number of rotatable bonds is 9. The van der Waals surface area contributed by atoms with Gasteiger partial charge >= 0.3 is 5.97 Å². The van der Waals surface area contributed by atoms with Crippen LogP contribution < -0.4 is 11.1 Å². The number of carboxylic acid groups (broad SMARTS) is 1. The van der Waals surface area contributed by atoms with E-state index in [1.54, 1.807) is 6.92 Å². The second-order valence-corrected chi connectivity index (χ2v) is 6.76. The van der Waals surface area contributed by atoms with Crippen LogP contribution in [-0.4, -0.2) is 34.8 Å². The van der Waals surface area contributed by atoms with E-state index in [-0.39, 0.29) is 18.1 Å². The molecule has 4 N–H and O–H groups in total. The maximum Gasteiger partial charge on any atom is 0.326 e. The standard InChI is InChI=1S/C17H30N2O4/c1-3-11(2)16(17(22)23)19-15(21)10-14(20)13(18)9-12-7-5-4-6-8-12/h11-13,16H,3-10,18H2,1-2H3,(H,19,21)(H,22,23)/t11-,13?,16-/m0/s1. The molecule has 1 amide bonds. The predicted octanol–water partition coefficient (Wildman–Crippen LogP) is 1.86. The number of carbonyl (C=O) groups is 3. The molecule has 0 aromatic carbocycles. The third kappa shape index (κ3) is 6.69. The Labute approximate surface area is 138 Å². The van der Waals surface area contributed by atoms with Crippen LogP contribution in [0.2, 0.25) is 0 Å². The van der Waals surface area contributed by atoms with Crippen LogP contribution in [0.3, 0.4) is 0 Å². The van der Waals surface area contributed by atoms with Crippen molar-refractivity contribution in [2.75, 3.05) is 0 Å². The van der Waals surface area contributed by atoms with Gasteiger partial charge in [-0.05, 0) is 18.3 Å². The van der Waals surface area contributed by atoms with Crippen molar-refractivity contribution >= 4 is 17.7 Å². The maximum absolute atomic E-state index is 12.1. The molecule has 0 spiro atoms. The van der Waals surface area contributed by atoms with Gasteiger partial charge in [0.1, 0.15) is 6.04 Å². The molecule has 1 unspecified atom stereocenters. The zero-order valence-corrected chi connectivity index (χ0v) is 14.2. The Balaban J connectivity index is 2.44. The van der Waals surface area contributed by atoms with Crippen molar-refractivity contribution in [3.8, 4) is 0 Å². The zero-order chi connectivity index (χ0) is 17.4. The van der Waals surface area contributed by atoms with Crippen molar-refractivity contribution in [2.24, 2.45) is 17.6 Å². The van der Waals surface area contributed by atoms with E-state index in [1.807, 2.05) is 6.92 Å². The van der Waals surface area contributed by atoms with Gasteiger partial charge in [0.15, 0.2) is 5.78 Å². The third-order valence-corrected chi connectivity index (χ3v) is 4.86. The summed E-state index contributed by atoms with van der Waals surface area (Å²) in [6, 6.07) is -1.59. The molecule has 0 saturated heterocycles. The molecule has 0 aromatic rings. The molecule has 1 rings (SSSR count). The summed E-state index contributed by atoms with van der Waals surface area (Å²) >= 11 is 0. The molecule has 6 heteroatoms. The highest BCUT2D eigenvalue weighted by molar-refractivity contribution is 6.01. The summed E-state index contributed by atoms with van der Waals surface area (Å²) in [6.07, 6.45) is 6.72. The lowest BCUT2D eigenvalue weighted by Gasteiger charge is -2.24. The Hall–Kier alpha value is -1.43. The van der Waals surface area contributed by atoms with E-state index >= 15 is 0 Å². The maximum atomic E-state index is 12.1. The second-order valence-electron chi connectivity index (χ2n) is 6.76. The van der Waals surface area contributed by atoms with E-state index in [9.17, 15) is 14.4 Å². The molecular weight excluding hydrogens is 296 g/mol. The topological polar surface area (TPSA) is 109 Å². The van der Waals surface area contributed by atoms with Crippen LogP contribution in [0.25, 0.3) is 0 Å². The summed E-state index contributed by atoms with van der Waals surface area (Å²) < 4.78 is 0. The number of ketones is 1. The van der Waals surface area contributed by atoms with Crippen molar-refractivity contribution in [3.05, 3.63) is 0 Å². The van der Waals surface area contributed by atoms with Gasteiger partial charge in [-0.3, -0.25) is 9.59 Å². The smallest absolute Gasteiger partial charge is 0.326 e. The fourth-order valence-corrected chi connectivity index (χ4v) is 3.11. The van der Waals surface area contributed by atoms with Crippen molar-refractivity contribution < 1.29 is 19.5 Å². The highest BCUT2D eigenvalue weighted by Crippen LogP contribution is 2.27. The lowest BCUT2D eigenvalue weighted by Crippen LogP contribution is -2.46. The lowest BCUT2D eigenvalue weighted by atomic mass is 9.84. The molecule has 1 aliphatic rings. The normalized spacial score (nSPS) is 19.6. The molecule has 132 valence electrons. The summed E-state index contributed by atoms with van der Waals surface area (Å²) in [5, 5.41) is 11.6. The molecule has 0 heterocycles. The van der Waals surface area contributed by atoms with Gasteiger partial charge in [0, 0.05) is 0 Å². The minimum atomic E-state index is -1.08. The molecule has 1 saturated carbocycles. The first kappa shape index (κ1) is 19.6. The number of aliphatic carboxylic acids is 1. The first-order chi connectivity index (χ1) is 10.8. The van der Waals surface area contributed by atoms with Crippen molar-refractivity contribution in [3.63, 3.8) is 0 Å². The number of Topliss-reactive ketones (excluding diaryl/α,β-unsaturated/α-hetero) is 1. The predicted molar refractivity (Wildman–Crippen MR) is 87.8 cm³/mol. The van der Waals surface area contributed by atoms with Gasteiger partial charge in [0.05, 0.1) is 12.5 Å². The van der Waals surface area contributed by atoms with Gasteiger partial charge in [-0.2, -0.15) is 0 Å². The van der Waals surface area contributed by atoms with Gasteiger partial charge in [0.25, 0.3) is 0 Å². The Morgan fingerprint density at radius 1 is 1.22 bits per heavy atom. The van der Waals surface area contributed by atoms with Crippen LogP contribution in [0.4, 0.5) is 0 Å². The highest BCUT2D eigenvalue weighted by atomic mass is 16.4. The second kappa shape index (κ2) is 9.65. The van der Waals surface area contributed by atoms with Gasteiger partial charge in [-0.15, -0.1) is 0 Å². The summed E-state index contributed by atoms with van der Waals surface area (Å²) in [4.78, 5) is 35.2. The SMILES string of the molecule is CC[C@H](C)[C@H](NC(=O)CC(=O)C(N)CC1CCCCC1)C(=O)O. The number of carbonyl (C=O) groups excluding carboxylic acids is 2. The van der Waals surface area contributed by atoms with Gasteiger partial charge in [-0.1, -0.05) is 52.4 Å². The number of nitrogens with two attached hydrogens (primary N) is 1. The van der Waals surface area contributed by atoms with Crippen molar-refractivity contribution in [2.45, 2.75) is 77.3 Å². The molecule has 23 heavy (non-hydrogen) atoms. The van der Waals surface area contributed by atoms with Crippen molar-refractivity contribution in [1.82, 2.24) is 5.32 Å². The van der Waals surface area contributed by atoms with Crippen LogP contribution in [0.5, 0.6) is 0 Å². The minimum Gasteiger partial charge on any atom is -0.480 e. The number of hydrogen-bond acceptors (Lipinski definition) is 4. The molecule has 3 atom stereocenters. The quantitative estimate of drug-likeness (QED) is 0.560. The number of hydrogen-bond donors (Lipinski definition) is 3. The number of nitrogens with one attached hydrogen (secondary N) is 1. The van der Waals surface area contributed by atoms with Gasteiger partial charge < -0.3 is 16.2 Å². The Bertz CT molecular complexity index is 419. The molecule has 0 bridgehead atoms. The Morgan fingerprint density at radius 2 is 1.83 bits per heavy atom. The van der Waals surface area contributed by atoms with E-state index < -0.39 is 24.0 Å². The van der Waals surface area contributed by atoms with Gasteiger partial charge in [-0.25, -0.2) is 4.79 Å². The average molecular weight is 326 g/mol. The van der Waals surface area contributed by atoms with Crippen LogP contribution in [0.1, 0.15) is 65.2 Å². The molecule has 1 fully saturated rings. The lowest BCUT2D eigenvalue weighted by molar-refractivity contribution is -0.144. The summed E-state index contributed by atoms with van der Waals surface area (Å²) in [5.41, 5.74) is 5.93. The molecule has 1 aliphatic carbocycles. The third-order valence-electron chi connectivity index (χ3n) is 4.86. The summed E-state index contributed by atoms with van der Waals surface area (Å²) in [6.45, 7) is 3.62. The monoisotopic (exact) mass is 326 g/mol. The summed E-state index contributed by atoms with van der Waals surface area (Å²) in [5.74, 6) is -1.66. The van der Waals surface area contributed by atoms with Crippen molar-refractivity contribution in [1.29, 1.82) is 0 Å². The zero-order valence-electron chi connectivity index (χ0n) is 14.2. The molecule has 6 nitrogen and oxygen atoms in total. The highest BCUT2D eigenvalue weighted by Gasteiger charge is 2.27. The average Bonchev–Trinajstić information content (AvgIpc) is 2.52. The Morgan fingerprint density at radius 3 is 2.35 bits per heavy atom. The molecule has 0 aromatic heterocycles. The van der Waals surface area contributed by atoms with Crippen LogP contribution >= 0.6 is 0 Å². The summed E-state index contributed by atoms with van der Waals surface area (Å²) in [7, 11) is 0. The first-order valence-electron chi connectivity index (χ1n) is 8.65. The Kier molecular flexibility index (Phi) is 8.23. The number of carboxylic acids is 1. The fourth-order valence-electron chi connectivity index (χ4n) is 3.11. The van der Waals surface area contributed by atoms with E-state index in [2.05, 4.69) is 5.32 Å².